The maximum absolute atomic E-state index is 14.5. The minimum Gasteiger partial charge on any atom is -0.345 e. The van der Waals surface area contributed by atoms with Crippen molar-refractivity contribution in [3.63, 3.8) is 0 Å². The molecule has 11 heteroatoms. The first-order chi connectivity index (χ1) is 20.3. The molecular weight excluding hydrogens is 569 g/mol. The van der Waals surface area contributed by atoms with Gasteiger partial charge in [0, 0.05) is 16.1 Å². The Labute approximate surface area is 256 Å². The van der Waals surface area contributed by atoms with Crippen molar-refractivity contribution >= 4 is 29.1 Å². The van der Waals surface area contributed by atoms with E-state index in [2.05, 4.69) is 60.6 Å². The molecule has 1 saturated carbocycles. The van der Waals surface area contributed by atoms with Crippen molar-refractivity contribution in [1.82, 2.24) is 30.8 Å². The predicted octanol–water partition coefficient (Wildman–Crippen LogP) is 6.27. The maximum atomic E-state index is 14.5. The number of aromatic nitrogens is 4. The molecule has 1 fully saturated rings. The number of H-pyrrole nitrogens is 1. The number of aromatic amines is 1. The molecule has 2 N–H and O–H groups in total. The Morgan fingerprint density at radius 2 is 1.86 bits per heavy atom. The summed E-state index contributed by atoms with van der Waals surface area (Å²) in [5.74, 6) is 0.104. The third-order valence-corrected chi connectivity index (χ3v) is 8.53. The van der Waals surface area contributed by atoms with Crippen molar-refractivity contribution < 1.29 is 14.0 Å². The number of halogens is 2. The van der Waals surface area contributed by atoms with Gasteiger partial charge in [-0.05, 0) is 85.3 Å². The first-order valence-corrected chi connectivity index (χ1v) is 15.2. The number of carbonyl (C=O) groups excluding carboxylic acids is 2. The van der Waals surface area contributed by atoms with E-state index >= 15 is 0 Å². The van der Waals surface area contributed by atoms with Gasteiger partial charge in [0.1, 0.15) is 17.2 Å². The molecule has 2 amide bonds. The van der Waals surface area contributed by atoms with Gasteiger partial charge in [0.05, 0.1) is 12.6 Å². The molecule has 0 bridgehead atoms. The number of hydrogen-bond acceptors (Lipinski definition) is 6. The number of nitrogens with one attached hydrogen (secondary N) is 2. The molecule has 0 saturated heterocycles. The van der Waals surface area contributed by atoms with Gasteiger partial charge in [0.2, 0.25) is 0 Å². The molecule has 1 aliphatic carbocycles. The van der Waals surface area contributed by atoms with Crippen LogP contribution in [0.25, 0.3) is 0 Å². The summed E-state index contributed by atoms with van der Waals surface area (Å²) in [5, 5.41) is 16.6. The molecule has 43 heavy (non-hydrogen) atoms. The van der Waals surface area contributed by atoms with E-state index in [0.717, 1.165) is 31.2 Å². The van der Waals surface area contributed by atoms with Gasteiger partial charge < -0.3 is 10.2 Å². The average molecular weight is 608 g/mol. The van der Waals surface area contributed by atoms with Crippen LogP contribution in [-0.2, 0) is 11.3 Å². The Morgan fingerprint density at radius 1 is 1.16 bits per heavy atom. The minimum atomic E-state index is -0.758. The lowest BCUT2D eigenvalue weighted by molar-refractivity contribution is -0.134. The Bertz CT molecular complexity index is 1470. The van der Waals surface area contributed by atoms with Gasteiger partial charge in [-0.2, -0.15) is 5.21 Å². The molecule has 1 spiro atoms. The quantitative estimate of drug-likeness (QED) is 0.313. The summed E-state index contributed by atoms with van der Waals surface area (Å²) in [7, 11) is 0. The Hall–Kier alpha value is -3.66. The Morgan fingerprint density at radius 3 is 2.47 bits per heavy atom. The van der Waals surface area contributed by atoms with Crippen molar-refractivity contribution in [3.8, 4) is 0 Å². The molecule has 3 atom stereocenters. The van der Waals surface area contributed by atoms with E-state index in [1.165, 1.54) is 12.1 Å². The number of nitrogens with zero attached hydrogens (tertiary/aromatic N) is 5. The molecule has 5 rings (SSSR count). The predicted molar refractivity (Wildman–Crippen MR) is 163 cm³/mol. The standard InChI is InChI=1S/C32H39ClFN7O2/c1-19-12-20(2)17-32(16-19)36-28(23-13-24(33)15-25(34)14-23)30(43)41(32)26(10-11-31(3,4)5)21-6-8-22(9-7-21)29(42)35-18-27-37-39-40-38-27/h6-9,13-15,19-20,26H,10-12,16-18H2,1-5H3,(H,35,42)(H,37,38,39,40)/t19?,20?,26-,32?/m1/s1. The first-order valence-electron chi connectivity index (χ1n) is 14.8. The third kappa shape index (κ3) is 6.95. The van der Waals surface area contributed by atoms with Crippen molar-refractivity contribution in [2.75, 3.05) is 0 Å². The number of benzene rings is 2. The van der Waals surface area contributed by atoms with Crippen molar-refractivity contribution in [2.24, 2.45) is 22.2 Å². The molecule has 228 valence electrons. The van der Waals surface area contributed by atoms with Crippen molar-refractivity contribution in [1.29, 1.82) is 0 Å². The number of carbonyl (C=O) groups is 2. The van der Waals surface area contributed by atoms with Gasteiger partial charge in [0.25, 0.3) is 11.8 Å². The number of amides is 2. The summed E-state index contributed by atoms with van der Waals surface area (Å²) in [6, 6.07) is 11.3. The summed E-state index contributed by atoms with van der Waals surface area (Å²) in [4.78, 5) is 34.4. The van der Waals surface area contributed by atoms with Gasteiger partial charge in [-0.3, -0.25) is 14.6 Å². The lowest BCUT2D eigenvalue weighted by atomic mass is 9.75. The molecule has 1 aliphatic heterocycles. The topological polar surface area (TPSA) is 116 Å². The van der Waals surface area contributed by atoms with E-state index in [4.69, 9.17) is 16.6 Å². The summed E-state index contributed by atoms with van der Waals surface area (Å²) >= 11 is 6.22. The van der Waals surface area contributed by atoms with Crippen LogP contribution >= 0.6 is 11.6 Å². The molecule has 3 aromatic rings. The van der Waals surface area contributed by atoms with E-state index in [-0.39, 0.29) is 40.6 Å². The average Bonchev–Trinajstić information content (AvgIpc) is 3.53. The first kappa shape index (κ1) is 30.8. The number of hydrogen-bond donors (Lipinski definition) is 2. The van der Waals surface area contributed by atoms with E-state index in [1.807, 2.05) is 17.0 Å². The molecule has 2 unspecified atom stereocenters. The van der Waals surface area contributed by atoms with Crippen LogP contribution in [0.15, 0.2) is 47.5 Å². The number of aliphatic imine (C=N–C) groups is 1. The molecule has 1 aromatic heterocycles. The highest BCUT2D eigenvalue weighted by atomic mass is 35.5. The molecule has 2 heterocycles. The second-order valence-corrected chi connectivity index (χ2v) is 13.8. The van der Waals surface area contributed by atoms with E-state index in [9.17, 15) is 14.0 Å². The zero-order valence-corrected chi connectivity index (χ0v) is 26.1. The Kier molecular flexibility index (Phi) is 8.70. The van der Waals surface area contributed by atoms with Crippen LogP contribution in [-0.4, -0.2) is 48.7 Å². The molecular formula is C32H39ClFN7O2. The third-order valence-electron chi connectivity index (χ3n) is 8.31. The van der Waals surface area contributed by atoms with Crippen LogP contribution < -0.4 is 5.32 Å². The monoisotopic (exact) mass is 607 g/mol. The second kappa shape index (κ2) is 12.1. The minimum absolute atomic E-state index is 0.0239. The fraction of sp³-hybridized carbons (Fsp3) is 0.500. The summed E-state index contributed by atoms with van der Waals surface area (Å²) < 4.78 is 14.5. The van der Waals surface area contributed by atoms with Gasteiger partial charge in [-0.15, -0.1) is 10.2 Å². The van der Waals surface area contributed by atoms with Crippen LogP contribution in [0.2, 0.25) is 5.02 Å². The van der Waals surface area contributed by atoms with Crippen molar-refractivity contribution in [2.45, 2.75) is 85.0 Å². The molecule has 2 aromatic carbocycles. The highest BCUT2D eigenvalue weighted by Crippen LogP contribution is 2.49. The van der Waals surface area contributed by atoms with E-state index in [1.54, 1.807) is 18.2 Å². The van der Waals surface area contributed by atoms with Crippen LogP contribution in [0, 0.1) is 23.1 Å². The van der Waals surface area contributed by atoms with Gasteiger partial charge >= 0.3 is 0 Å². The SMILES string of the molecule is CC1CC(C)CC2(C1)N=C(c1cc(F)cc(Cl)c1)C(=O)N2[C@H](CCC(C)(C)C)c1ccc(C(=O)NCc2nn[nH]n2)cc1. The fourth-order valence-electron chi connectivity index (χ4n) is 6.65. The Balaban J connectivity index is 1.52. The van der Waals surface area contributed by atoms with Crippen LogP contribution in [0.1, 0.15) is 100 Å². The summed E-state index contributed by atoms with van der Waals surface area (Å²) in [6.07, 6.45) is 4.06. The van der Waals surface area contributed by atoms with E-state index in [0.29, 0.717) is 35.2 Å². The van der Waals surface area contributed by atoms with Crippen molar-refractivity contribution in [3.05, 3.63) is 75.8 Å². The van der Waals surface area contributed by atoms with Crippen LogP contribution in [0.3, 0.4) is 0 Å². The van der Waals surface area contributed by atoms with Crippen LogP contribution in [0.4, 0.5) is 4.39 Å². The van der Waals surface area contributed by atoms with E-state index < -0.39 is 11.5 Å². The highest BCUT2D eigenvalue weighted by Gasteiger charge is 2.53. The zero-order valence-electron chi connectivity index (χ0n) is 25.3. The largest absolute Gasteiger partial charge is 0.345 e. The fourth-order valence-corrected chi connectivity index (χ4v) is 6.88. The van der Waals surface area contributed by atoms with Gasteiger partial charge in [-0.1, -0.05) is 63.6 Å². The molecule has 0 radical (unpaired) electrons. The lowest BCUT2D eigenvalue weighted by Crippen LogP contribution is -2.52. The summed E-state index contributed by atoms with van der Waals surface area (Å²) in [5.41, 5.74) is 1.32. The zero-order chi connectivity index (χ0) is 30.9. The second-order valence-electron chi connectivity index (χ2n) is 13.4. The molecule has 2 aliphatic rings. The smallest absolute Gasteiger partial charge is 0.275 e. The highest BCUT2D eigenvalue weighted by molar-refractivity contribution is 6.47. The normalized spacial score (nSPS) is 23.0. The maximum Gasteiger partial charge on any atom is 0.275 e. The lowest BCUT2D eigenvalue weighted by Gasteiger charge is -2.47. The van der Waals surface area contributed by atoms with Gasteiger partial charge in [0.15, 0.2) is 5.82 Å². The number of rotatable bonds is 8. The van der Waals surface area contributed by atoms with Gasteiger partial charge in [-0.25, -0.2) is 4.39 Å². The molecule has 9 nitrogen and oxygen atoms in total. The van der Waals surface area contributed by atoms with Crippen LogP contribution in [0.5, 0.6) is 0 Å². The number of tetrazole rings is 1. The summed E-state index contributed by atoms with van der Waals surface area (Å²) in [6.45, 7) is 11.1.